The summed E-state index contributed by atoms with van der Waals surface area (Å²) in [4.78, 5) is 11.5. The largest absolute Gasteiger partial charge is 0.378 e. The van der Waals surface area contributed by atoms with Gasteiger partial charge in [-0.25, -0.2) is 9.97 Å². The predicted molar refractivity (Wildman–Crippen MR) is 90.7 cm³/mol. The van der Waals surface area contributed by atoms with Crippen molar-refractivity contribution in [1.29, 1.82) is 0 Å². The minimum Gasteiger partial charge on any atom is -0.378 e. The number of aromatic nitrogens is 2. The summed E-state index contributed by atoms with van der Waals surface area (Å²) in [5.74, 6) is 0.786. The summed E-state index contributed by atoms with van der Waals surface area (Å²) in [7, 11) is 1.72. The van der Waals surface area contributed by atoms with Gasteiger partial charge in [0, 0.05) is 31.5 Å². The first-order valence-electron chi connectivity index (χ1n) is 7.99. The van der Waals surface area contributed by atoms with E-state index in [9.17, 15) is 0 Å². The molecule has 2 heterocycles. The molecule has 0 radical (unpaired) electrons. The molecule has 0 spiro atoms. The fraction of sp³-hybridized carbons (Fsp3) is 0.444. The highest BCUT2D eigenvalue weighted by Gasteiger charge is 2.16. The molecule has 1 saturated heterocycles. The van der Waals surface area contributed by atoms with Crippen LogP contribution in [0.1, 0.15) is 24.3 Å². The lowest BCUT2D eigenvalue weighted by Gasteiger charge is -2.27. The average molecular weight is 313 g/mol. The lowest BCUT2D eigenvalue weighted by Crippen LogP contribution is -2.37. The Morgan fingerprint density at radius 1 is 1.17 bits per heavy atom. The van der Waals surface area contributed by atoms with E-state index < -0.39 is 0 Å². The van der Waals surface area contributed by atoms with E-state index in [4.69, 9.17) is 14.5 Å². The molecule has 0 saturated carbocycles. The Labute approximate surface area is 137 Å². The smallest absolute Gasteiger partial charge is 0.226 e. The molecule has 1 fully saturated rings. The summed E-state index contributed by atoms with van der Waals surface area (Å²) in [6.07, 6.45) is 0.0663. The molecule has 1 aliphatic rings. The maximum absolute atomic E-state index is 5.41. The zero-order valence-corrected chi connectivity index (χ0v) is 14.0. The number of ether oxygens (including phenoxy) is 2. The van der Waals surface area contributed by atoms with Crippen molar-refractivity contribution in [2.24, 2.45) is 0 Å². The maximum atomic E-state index is 5.41. The number of methoxy groups -OCH3 is 1. The van der Waals surface area contributed by atoms with Gasteiger partial charge >= 0.3 is 0 Å². The molecule has 1 aromatic carbocycles. The standard InChI is InChI=1S/C18H23N3O2/c1-13-11-17(16-6-4-5-15(12-16)14(2)22-3)20-18(19-13)21-7-9-23-10-8-21/h4-6,11-12,14H,7-10H2,1-3H3/t14-/m1/s1. The van der Waals surface area contributed by atoms with Crippen molar-refractivity contribution in [3.63, 3.8) is 0 Å². The van der Waals surface area contributed by atoms with Gasteiger partial charge in [-0.2, -0.15) is 0 Å². The van der Waals surface area contributed by atoms with Gasteiger partial charge in [0.25, 0.3) is 0 Å². The Morgan fingerprint density at radius 3 is 2.70 bits per heavy atom. The van der Waals surface area contributed by atoms with E-state index >= 15 is 0 Å². The number of hydrogen-bond acceptors (Lipinski definition) is 5. The van der Waals surface area contributed by atoms with Gasteiger partial charge in [-0.1, -0.05) is 18.2 Å². The maximum Gasteiger partial charge on any atom is 0.226 e. The summed E-state index contributed by atoms with van der Waals surface area (Å²) >= 11 is 0. The molecule has 122 valence electrons. The lowest BCUT2D eigenvalue weighted by molar-refractivity contribution is 0.119. The number of aryl methyl sites for hydroxylation is 1. The Kier molecular flexibility index (Phi) is 4.88. The highest BCUT2D eigenvalue weighted by Crippen LogP contribution is 2.25. The average Bonchev–Trinajstić information content (AvgIpc) is 2.61. The normalized spacial score (nSPS) is 16.4. The van der Waals surface area contributed by atoms with Gasteiger partial charge < -0.3 is 14.4 Å². The van der Waals surface area contributed by atoms with Crippen LogP contribution in [0.4, 0.5) is 5.95 Å². The molecule has 5 nitrogen and oxygen atoms in total. The molecular weight excluding hydrogens is 290 g/mol. The molecule has 2 aromatic rings. The first-order chi connectivity index (χ1) is 11.2. The molecular formula is C18H23N3O2. The van der Waals surface area contributed by atoms with Gasteiger partial charge in [-0.05, 0) is 31.5 Å². The molecule has 0 unspecified atom stereocenters. The van der Waals surface area contributed by atoms with Crippen LogP contribution in [0.25, 0.3) is 11.3 Å². The molecule has 1 atom stereocenters. The Hall–Kier alpha value is -1.98. The second-order valence-electron chi connectivity index (χ2n) is 5.80. The second kappa shape index (κ2) is 7.06. The third kappa shape index (κ3) is 3.68. The van der Waals surface area contributed by atoms with Gasteiger partial charge in [-0.15, -0.1) is 0 Å². The van der Waals surface area contributed by atoms with Crippen LogP contribution >= 0.6 is 0 Å². The molecule has 0 N–H and O–H groups in total. The van der Waals surface area contributed by atoms with Gasteiger partial charge in [0.15, 0.2) is 0 Å². The number of hydrogen-bond donors (Lipinski definition) is 0. The number of nitrogens with zero attached hydrogens (tertiary/aromatic N) is 3. The fourth-order valence-corrected chi connectivity index (χ4v) is 2.69. The van der Waals surface area contributed by atoms with Crippen molar-refractivity contribution in [2.75, 3.05) is 38.3 Å². The molecule has 3 rings (SSSR count). The van der Waals surface area contributed by atoms with Crippen molar-refractivity contribution in [2.45, 2.75) is 20.0 Å². The molecule has 0 aliphatic carbocycles. The monoisotopic (exact) mass is 313 g/mol. The molecule has 5 heteroatoms. The third-order valence-electron chi connectivity index (χ3n) is 4.14. The van der Waals surface area contributed by atoms with Crippen molar-refractivity contribution < 1.29 is 9.47 Å². The first kappa shape index (κ1) is 15.9. The van der Waals surface area contributed by atoms with E-state index in [1.807, 2.05) is 26.0 Å². The van der Waals surface area contributed by atoms with E-state index in [2.05, 4.69) is 28.1 Å². The molecule has 1 aromatic heterocycles. The van der Waals surface area contributed by atoms with E-state index in [0.717, 1.165) is 54.8 Å². The van der Waals surface area contributed by atoms with Gasteiger partial charge in [0.1, 0.15) is 0 Å². The van der Waals surface area contributed by atoms with Crippen LogP contribution < -0.4 is 4.90 Å². The van der Waals surface area contributed by atoms with Gasteiger partial charge in [0.2, 0.25) is 5.95 Å². The number of anilines is 1. The quantitative estimate of drug-likeness (QED) is 0.868. The minimum atomic E-state index is 0.0663. The number of benzene rings is 1. The molecule has 23 heavy (non-hydrogen) atoms. The van der Waals surface area contributed by atoms with E-state index in [1.165, 1.54) is 0 Å². The van der Waals surface area contributed by atoms with E-state index in [0.29, 0.717) is 0 Å². The minimum absolute atomic E-state index is 0.0663. The van der Waals surface area contributed by atoms with Crippen molar-refractivity contribution >= 4 is 5.95 Å². The molecule has 0 amide bonds. The van der Waals surface area contributed by atoms with Crippen LogP contribution in [0.2, 0.25) is 0 Å². The van der Waals surface area contributed by atoms with Crippen LogP contribution in [0.15, 0.2) is 30.3 Å². The number of rotatable bonds is 4. The predicted octanol–water partition coefficient (Wildman–Crippen LogP) is 3.00. The van der Waals surface area contributed by atoms with Gasteiger partial charge in [0.05, 0.1) is 25.0 Å². The summed E-state index contributed by atoms with van der Waals surface area (Å²) in [6.45, 7) is 7.19. The molecule has 0 bridgehead atoms. The van der Waals surface area contributed by atoms with Crippen molar-refractivity contribution in [3.8, 4) is 11.3 Å². The molecule has 1 aliphatic heterocycles. The van der Waals surface area contributed by atoms with Crippen LogP contribution in [-0.2, 0) is 9.47 Å². The van der Waals surface area contributed by atoms with E-state index in [-0.39, 0.29) is 6.10 Å². The van der Waals surface area contributed by atoms with Crippen molar-refractivity contribution in [1.82, 2.24) is 9.97 Å². The van der Waals surface area contributed by atoms with Crippen molar-refractivity contribution in [3.05, 3.63) is 41.6 Å². The summed E-state index contributed by atoms with van der Waals surface area (Å²) in [6, 6.07) is 10.4. The summed E-state index contributed by atoms with van der Waals surface area (Å²) in [5.41, 5.74) is 4.16. The Morgan fingerprint density at radius 2 is 1.96 bits per heavy atom. The summed E-state index contributed by atoms with van der Waals surface area (Å²) in [5, 5.41) is 0. The highest BCUT2D eigenvalue weighted by molar-refractivity contribution is 5.62. The first-order valence-corrected chi connectivity index (χ1v) is 7.99. The van der Waals surface area contributed by atoms with Crippen LogP contribution in [0.5, 0.6) is 0 Å². The van der Waals surface area contributed by atoms with Gasteiger partial charge in [-0.3, -0.25) is 0 Å². The highest BCUT2D eigenvalue weighted by atomic mass is 16.5. The van der Waals surface area contributed by atoms with Crippen LogP contribution in [0.3, 0.4) is 0 Å². The Balaban J connectivity index is 1.94. The Bertz CT molecular complexity index is 669. The van der Waals surface area contributed by atoms with Crippen LogP contribution in [-0.4, -0.2) is 43.4 Å². The SMILES string of the molecule is CO[C@H](C)c1cccc(-c2cc(C)nc(N3CCOCC3)n2)c1. The topological polar surface area (TPSA) is 47.5 Å². The zero-order chi connectivity index (χ0) is 16.2. The zero-order valence-electron chi connectivity index (χ0n) is 14.0. The third-order valence-corrected chi connectivity index (χ3v) is 4.14. The number of morpholine rings is 1. The fourth-order valence-electron chi connectivity index (χ4n) is 2.69. The summed E-state index contributed by atoms with van der Waals surface area (Å²) < 4.78 is 10.8. The van der Waals surface area contributed by atoms with E-state index in [1.54, 1.807) is 7.11 Å². The van der Waals surface area contributed by atoms with Crippen LogP contribution in [0, 0.1) is 6.92 Å². The second-order valence-corrected chi connectivity index (χ2v) is 5.80. The lowest BCUT2D eigenvalue weighted by atomic mass is 10.0.